The molecule has 86 valence electrons. The van der Waals surface area contributed by atoms with Crippen LogP contribution < -0.4 is 5.32 Å². The lowest BCUT2D eigenvalue weighted by Gasteiger charge is -1.93. The molecule has 2 aromatic heterocycles. The fraction of sp³-hybridized carbons (Fsp3) is 0.444. The molecule has 0 fully saturated rings. The number of aryl methyl sites for hydroxylation is 1. The van der Waals surface area contributed by atoms with Gasteiger partial charge in [-0.2, -0.15) is 5.10 Å². The van der Waals surface area contributed by atoms with Gasteiger partial charge in [0.2, 0.25) is 5.13 Å². The van der Waals surface area contributed by atoms with Crippen LogP contribution in [0.5, 0.6) is 0 Å². The van der Waals surface area contributed by atoms with Crippen LogP contribution >= 0.6 is 23.1 Å². The van der Waals surface area contributed by atoms with Crippen molar-refractivity contribution in [2.45, 2.75) is 17.6 Å². The largest absolute Gasteiger partial charge is 0.360 e. The van der Waals surface area contributed by atoms with Crippen molar-refractivity contribution in [1.29, 1.82) is 0 Å². The number of aromatic nitrogens is 4. The van der Waals surface area contributed by atoms with E-state index in [-0.39, 0.29) is 0 Å². The van der Waals surface area contributed by atoms with Crippen molar-refractivity contribution >= 4 is 28.2 Å². The molecule has 0 saturated carbocycles. The van der Waals surface area contributed by atoms with Gasteiger partial charge in [-0.15, -0.1) is 22.0 Å². The van der Waals surface area contributed by atoms with Crippen molar-refractivity contribution in [2.24, 2.45) is 7.05 Å². The van der Waals surface area contributed by atoms with Gasteiger partial charge in [0.1, 0.15) is 5.01 Å². The molecule has 1 N–H and O–H groups in total. The van der Waals surface area contributed by atoms with E-state index < -0.39 is 0 Å². The van der Waals surface area contributed by atoms with Crippen LogP contribution in [0.3, 0.4) is 0 Å². The summed E-state index contributed by atoms with van der Waals surface area (Å²) in [5, 5.41) is 17.4. The molecule has 2 rings (SSSR count). The highest BCUT2D eigenvalue weighted by atomic mass is 32.2. The van der Waals surface area contributed by atoms with Crippen molar-refractivity contribution in [1.82, 2.24) is 20.0 Å². The third-order valence-electron chi connectivity index (χ3n) is 1.84. The van der Waals surface area contributed by atoms with Crippen molar-refractivity contribution in [3.63, 3.8) is 0 Å². The number of hydrogen-bond acceptors (Lipinski definition) is 6. The maximum Gasteiger partial charge on any atom is 0.205 e. The lowest BCUT2D eigenvalue weighted by Crippen LogP contribution is -1.94. The number of rotatable bonds is 5. The summed E-state index contributed by atoms with van der Waals surface area (Å²) in [5.41, 5.74) is 0. The summed E-state index contributed by atoms with van der Waals surface area (Å²) in [6.07, 6.45) is 3.85. The number of nitrogens with zero attached hydrogens (tertiary/aromatic N) is 4. The van der Waals surface area contributed by atoms with E-state index in [1.807, 2.05) is 26.4 Å². The van der Waals surface area contributed by atoms with Gasteiger partial charge in [0.25, 0.3) is 0 Å². The molecule has 0 unspecified atom stereocenters. The van der Waals surface area contributed by atoms with Crippen LogP contribution in [0, 0.1) is 0 Å². The van der Waals surface area contributed by atoms with Crippen LogP contribution in [0.1, 0.15) is 11.9 Å². The Balaban J connectivity index is 1.89. The van der Waals surface area contributed by atoms with Crippen molar-refractivity contribution in [3.05, 3.63) is 17.4 Å². The molecule has 0 atom stereocenters. The van der Waals surface area contributed by atoms with E-state index in [1.54, 1.807) is 27.8 Å². The van der Waals surface area contributed by atoms with E-state index in [1.165, 1.54) is 0 Å². The SMILES string of the molecule is CCNc1nnc(CSc2cnn(C)c2)s1. The number of hydrogen-bond donors (Lipinski definition) is 1. The lowest BCUT2D eigenvalue weighted by atomic mass is 10.7. The summed E-state index contributed by atoms with van der Waals surface area (Å²) < 4.78 is 1.80. The summed E-state index contributed by atoms with van der Waals surface area (Å²) in [6, 6.07) is 0. The second kappa shape index (κ2) is 5.31. The number of anilines is 1. The Hall–Kier alpha value is -1.08. The third kappa shape index (κ3) is 2.96. The van der Waals surface area contributed by atoms with Gasteiger partial charge in [0.15, 0.2) is 0 Å². The van der Waals surface area contributed by atoms with Crippen LogP contribution in [-0.2, 0) is 12.8 Å². The molecule has 7 heteroatoms. The van der Waals surface area contributed by atoms with Crippen LogP contribution in [0.2, 0.25) is 0 Å². The van der Waals surface area contributed by atoms with Gasteiger partial charge in [-0.25, -0.2) is 0 Å². The van der Waals surface area contributed by atoms with Gasteiger partial charge in [-0.1, -0.05) is 11.3 Å². The van der Waals surface area contributed by atoms with Gasteiger partial charge in [0.05, 0.1) is 11.9 Å². The zero-order valence-electron chi connectivity index (χ0n) is 9.17. The van der Waals surface area contributed by atoms with E-state index in [0.29, 0.717) is 0 Å². The molecule has 0 radical (unpaired) electrons. The number of thioether (sulfide) groups is 1. The molecule has 0 amide bonds. The Labute approximate surface area is 102 Å². The molecular weight excluding hydrogens is 242 g/mol. The van der Waals surface area contributed by atoms with Crippen LogP contribution in [-0.4, -0.2) is 26.5 Å². The molecule has 0 aliphatic rings. The van der Waals surface area contributed by atoms with E-state index in [9.17, 15) is 0 Å². The molecular formula is C9H13N5S2. The van der Waals surface area contributed by atoms with Gasteiger partial charge in [0, 0.05) is 24.7 Å². The summed E-state index contributed by atoms with van der Waals surface area (Å²) >= 11 is 3.32. The summed E-state index contributed by atoms with van der Waals surface area (Å²) in [4.78, 5) is 1.16. The summed E-state index contributed by atoms with van der Waals surface area (Å²) in [5.74, 6) is 0.842. The fourth-order valence-corrected chi connectivity index (χ4v) is 2.87. The first-order valence-electron chi connectivity index (χ1n) is 4.95. The first-order chi connectivity index (χ1) is 7.78. The molecule has 5 nitrogen and oxygen atoms in total. The third-order valence-corrected chi connectivity index (χ3v) is 3.86. The predicted octanol–water partition coefficient (Wildman–Crippen LogP) is 2.00. The monoisotopic (exact) mass is 255 g/mol. The van der Waals surface area contributed by atoms with Crippen molar-refractivity contribution < 1.29 is 0 Å². The minimum atomic E-state index is 0.842. The van der Waals surface area contributed by atoms with Crippen LogP contribution in [0.15, 0.2) is 17.3 Å². The van der Waals surface area contributed by atoms with E-state index in [2.05, 4.69) is 20.6 Å². The maximum absolute atomic E-state index is 4.11. The average Bonchev–Trinajstić information content (AvgIpc) is 2.85. The van der Waals surface area contributed by atoms with E-state index in [4.69, 9.17) is 0 Å². The number of nitrogens with one attached hydrogen (secondary N) is 1. The van der Waals surface area contributed by atoms with Crippen molar-refractivity contribution in [2.75, 3.05) is 11.9 Å². The van der Waals surface area contributed by atoms with Gasteiger partial charge in [-0.3, -0.25) is 4.68 Å². The highest BCUT2D eigenvalue weighted by molar-refractivity contribution is 7.98. The zero-order chi connectivity index (χ0) is 11.4. The first kappa shape index (κ1) is 11.4. The lowest BCUT2D eigenvalue weighted by molar-refractivity contribution is 0.766. The van der Waals surface area contributed by atoms with Gasteiger partial charge in [-0.05, 0) is 6.92 Å². The van der Waals surface area contributed by atoms with Crippen molar-refractivity contribution in [3.8, 4) is 0 Å². The van der Waals surface area contributed by atoms with Crippen LogP contribution in [0.25, 0.3) is 0 Å². The average molecular weight is 255 g/mol. The Morgan fingerprint density at radius 2 is 2.38 bits per heavy atom. The Bertz CT molecular complexity index is 450. The normalized spacial score (nSPS) is 10.6. The quantitative estimate of drug-likeness (QED) is 0.828. The minimum absolute atomic E-state index is 0.842. The Morgan fingerprint density at radius 1 is 1.50 bits per heavy atom. The highest BCUT2D eigenvalue weighted by Gasteiger charge is 2.04. The maximum atomic E-state index is 4.11. The minimum Gasteiger partial charge on any atom is -0.360 e. The topological polar surface area (TPSA) is 55.6 Å². The second-order valence-electron chi connectivity index (χ2n) is 3.17. The second-order valence-corrected chi connectivity index (χ2v) is 5.28. The molecule has 0 saturated heterocycles. The summed E-state index contributed by atoms with van der Waals surface area (Å²) in [7, 11) is 1.91. The predicted molar refractivity (Wildman–Crippen MR) is 66.8 cm³/mol. The fourth-order valence-electron chi connectivity index (χ4n) is 1.15. The Morgan fingerprint density at radius 3 is 3.06 bits per heavy atom. The first-order valence-corrected chi connectivity index (χ1v) is 6.76. The van der Waals surface area contributed by atoms with Gasteiger partial charge < -0.3 is 5.32 Å². The van der Waals surface area contributed by atoms with E-state index in [0.717, 1.165) is 27.3 Å². The molecule has 2 heterocycles. The molecule has 0 bridgehead atoms. The molecule has 2 aromatic rings. The molecule has 0 aliphatic heterocycles. The summed E-state index contributed by atoms with van der Waals surface area (Å²) in [6.45, 7) is 2.93. The molecule has 0 spiro atoms. The molecule has 16 heavy (non-hydrogen) atoms. The van der Waals surface area contributed by atoms with Crippen LogP contribution in [0.4, 0.5) is 5.13 Å². The zero-order valence-corrected chi connectivity index (χ0v) is 10.8. The molecule has 0 aliphatic carbocycles. The highest BCUT2D eigenvalue weighted by Crippen LogP contribution is 2.25. The Kier molecular flexibility index (Phi) is 3.79. The standard InChI is InChI=1S/C9H13N5S2/c1-3-10-9-13-12-8(16-9)6-15-7-4-11-14(2)5-7/h4-5H,3,6H2,1-2H3,(H,10,13). The molecule has 0 aromatic carbocycles. The van der Waals surface area contributed by atoms with Gasteiger partial charge >= 0.3 is 0 Å². The smallest absolute Gasteiger partial charge is 0.205 e. The van der Waals surface area contributed by atoms with E-state index >= 15 is 0 Å².